The number of aliphatic hydroxyl groups is 2. The van der Waals surface area contributed by atoms with Crippen molar-refractivity contribution in [3.63, 3.8) is 0 Å². The molecule has 0 aromatic carbocycles. The van der Waals surface area contributed by atoms with E-state index in [2.05, 4.69) is 19.5 Å². The molecule has 6 N–H and O–H groups in total. The van der Waals surface area contributed by atoms with Crippen LogP contribution in [0.1, 0.15) is 6.23 Å². The Bertz CT molecular complexity index is 806. The van der Waals surface area contributed by atoms with Gasteiger partial charge in [-0.2, -0.15) is 4.98 Å². The second-order valence-electron chi connectivity index (χ2n) is 4.86. The molecule has 1 aliphatic heterocycles. The first kappa shape index (κ1) is 15.9. The number of nitrogen functional groups attached to an aromatic ring is 1. The number of hydrogen-bond acceptors (Lipinski definition) is 9. The molecule has 12 nitrogen and oxygen atoms in total. The van der Waals surface area contributed by atoms with Crippen LogP contribution in [0.15, 0.2) is 11.1 Å². The molecule has 13 heteroatoms. The fourth-order valence-corrected chi connectivity index (χ4v) is 2.64. The molecule has 124 valence electrons. The van der Waals surface area contributed by atoms with E-state index in [0.29, 0.717) is 0 Å². The molecular weight excluding hydrogens is 333 g/mol. The molecule has 3 heterocycles. The SMILES string of the molecule is Nc1nc2c(ncn2[C@@H]2O[C@H](CO[P+](=O)O)[C@H](O)C2O)c(=O)[nH]1. The predicted octanol–water partition coefficient (Wildman–Crippen LogP) is -2.01. The van der Waals surface area contributed by atoms with Gasteiger partial charge in [0.1, 0.15) is 24.9 Å². The van der Waals surface area contributed by atoms with Crippen LogP contribution in [0.2, 0.25) is 0 Å². The van der Waals surface area contributed by atoms with Crippen molar-refractivity contribution in [3.8, 4) is 0 Å². The Morgan fingerprint density at radius 1 is 1.48 bits per heavy atom. The van der Waals surface area contributed by atoms with E-state index in [0.717, 1.165) is 0 Å². The first-order chi connectivity index (χ1) is 10.9. The summed E-state index contributed by atoms with van der Waals surface area (Å²) in [4.78, 5) is 30.4. The molecular formula is C10H13N5O7P+. The zero-order valence-electron chi connectivity index (χ0n) is 11.4. The van der Waals surface area contributed by atoms with E-state index in [1.165, 1.54) is 10.9 Å². The molecule has 0 saturated carbocycles. The number of hydrogen-bond donors (Lipinski definition) is 5. The summed E-state index contributed by atoms with van der Waals surface area (Å²) in [6.07, 6.45) is -3.71. The van der Waals surface area contributed by atoms with Gasteiger partial charge in [-0.05, 0) is 0 Å². The molecule has 1 fully saturated rings. The van der Waals surface area contributed by atoms with Gasteiger partial charge in [0, 0.05) is 4.57 Å². The number of aromatic amines is 1. The van der Waals surface area contributed by atoms with Crippen molar-refractivity contribution in [3.05, 3.63) is 16.7 Å². The Morgan fingerprint density at radius 3 is 2.91 bits per heavy atom. The van der Waals surface area contributed by atoms with Gasteiger partial charge in [0.05, 0.1) is 6.33 Å². The Morgan fingerprint density at radius 2 is 2.22 bits per heavy atom. The zero-order valence-corrected chi connectivity index (χ0v) is 12.3. The molecule has 1 aliphatic rings. The smallest absolute Gasteiger partial charge is 0.387 e. The molecule has 1 saturated heterocycles. The zero-order chi connectivity index (χ0) is 16.7. The molecule has 2 aromatic rings. The van der Waals surface area contributed by atoms with Crippen molar-refractivity contribution in [2.75, 3.05) is 12.3 Å². The third-order valence-corrected chi connectivity index (χ3v) is 3.78. The maximum absolute atomic E-state index is 11.7. The van der Waals surface area contributed by atoms with Crippen LogP contribution in [-0.2, 0) is 13.8 Å². The Hall–Kier alpha value is -1.95. The van der Waals surface area contributed by atoms with Crippen LogP contribution in [0.3, 0.4) is 0 Å². The number of nitrogens with one attached hydrogen (secondary N) is 1. The van der Waals surface area contributed by atoms with Crippen LogP contribution in [0.5, 0.6) is 0 Å². The Labute approximate surface area is 128 Å². The van der Waals surface area contributed by atoms with Crippen molar-refractivity contribution in [2.24, 2.45) is 0 Å². The van der Waals surface area contributed by atoms with Crippen molar-refractivity contribution >= 4 is 25.4 Å². The summed E-state index contributed by atoms with van der Waals surface area (Å²) in [6, 6.07) is 0. The van der Waals surface area contributed by atoms with Crippen molar-refractivity contribution < 1.29 is 28.9 Å². The lowest BCUT2D eigenvalue weighted by molar-refractivity contribution is -0.0476. The summed E-state index contributed by atoms with van der Waals surface area (Å²) in [5, 5.41) is 20.0. The van der Waals surface area contributed by atoms with Crippen LogP contribution in [0.4, 0.5) is 5.95 Å². The first-order valence-corrected chi connectivity index (χ1v) is 7.54. The van der Waals surface area contributed by atoms with Crippen LogP contribution >= 0.6 is 8.25 Å². The number of fused-ring (bicyclic) bond motifs is 1. The van der Waals surface area contributed by atoms with Crippen LogP contribution in [0.25, 0.3) is 11.2 Å². The number of anilines is 1. The van der Waals surface area contributed by atoms with Gasteiger partial charge in [0.2, 0.25) is 5.95 Å². The summed E-state index contributed by atoms with van der Waals surface area (Å²) >= 11 is 0. The fourth-order valence-electron chi connectivity index (χ4n) is 2.36. The Kier molecular flexibility index (Phi) is 4.10. The number of nitrogens with zero attached hydrogens (tertiary/aromatic N) is 3. The van der Waals surface area contributed by atoms with E-state index in [1.54, 1.807) is 0 Å². The van der Waals surface area contributed by atoms with Gasteiger partial charge < -0.3 is 20.7 Å². The molecule has 0 aliphatic carbocycles. The molecule has 3 rings (SSSR count). The van der Waals surface area contributed by atoms with E-state index in [4.69, 9.17) is 15.4 Å². The lowest BCUT2D eigenvalue weighted by Gasteiger charge is -2.16. The van der Waals surface area contributed by atoms with Gasteiger partial charge in [-0.15, -0.1) is 9.42 Å². The Balaban J connectivity index is 1.93. The molecule has 0 amide bonds. The number of aromatic nitrogens is 4. The average Bonchev–Trinajstić information content (AvgIpc) is 3.00. The number of H-pyrrole nitrogens is 1. The molecule has 0 bridgehead atoms. The van der Waals surface area contributed by atoms with Crippen LogP contribution in [0, 0.1) is 0 Å². The maximum atomic E-state index is 11.7. The monoisotopic (exact) mass is 346 g/mol. The standard InChI is InChI=1S/C10H12N5O7P/c11-10-13-7-4(8(18)14-10)12-2-15(7)9-6(17)5(16)3(22-9)1-21-23(19)20/h2-3,5-6,9,16-17H,1H2,(H3-,11,13,14,18,19,20)/p+1/t3-,5+,6?,9-/m1/s1. The second-order valence-corrected chi connectivity index (χ2v) is 5.59. The quantitative estimate of drug-likeness (QED) is 0.387. The summed E-state index contributed by atoms with van der Waals surface area (Å²) in [5.74, 6) is -0.144. The third kappa shape index (κ3) is 2.83. The minimum absolute atomic E-state index is 0.0115. The van der Waals surface area contributed by atoms with Crippen LogP contribution in [-0.4, -0.2) is 59.5 Å². The van der Waals surface area contributed by atoms with E-state index >= 15 is 0 Å². The molecule has 0 spiro atoms. The average molecular weight is 346 g/mol. The first-order valence-electron chi connectivity index (χ1n) is 6.41. The highest BCUT2D eigenvalue weighted by Crippen LogP contribution is 2.32. The number of aliphatic hydroxyl groups excluding tert-OH is 2. The van der Waals surface area contributed by atoms with Gasteiger partial charge in [0.25, 0.3) is 5.56 Å². The summed E-state index contributed by atoms with van der Waals surface area (Å²) in [5.41, 5.74) is 4.98. The predicted molar refractivity (Wildman–Crippen MR) is 74.3 cm³/mol. The van der Waals surface area contributed by atoms with Crippen molar-refractivity contribution in [1.29, 1.82) is 0 Å². The van der Waals surface area contributed by atoms with Gasteiger partial charge in [-0.1, -0.05) is 0 Å². The van der Waals surface area contributed by atoms with Gasteiger partial charge in [-0.3, -0.25) is 14.3 Å². The molecule has 5 atom stereocenters. The van der Waals surface area contributed by atoms with E-state index in [9.17, 15) is 19.6 Å². The van der Waals surface area contributed by atoms with Crippen molar-refractivity contribution in [1.82, 2.24) is 19.5 Å². The van der Waals surface area contributed by atoms with E-state index in [-0.39, 0.29) is 17.1 Å². The lowest BCUT2D eigenvalue weighted by Crippen LogP contribution is -2.33. The number of rotatable bonds is 4. The molecule has 2 unspecified atom stereocenters. The topological polar surface area (TPSA) is 186 Å². The maximum Gasteiger partial charge on any atom is 0.694 e. The van der Waals surface area contributed by atoms with E-state index < -0.39 is 45.0 Å². The van der Waals surface area contributed by atoms with E-state index in [1.807, 2.05) is 0 Å². The minimum atomic E-state index is -2.86. The lowest BCUT2D eigenvalue weighted by atomic mass is 10.1. The highest BCUT2D eigenvalue weighted by Gasteiger charge is 2.45. The number of ether oxygens (including phenoxy) is 1. The second kappa shape index (κ2) is 5.92. The fraction of sp³-hybridized carbons (Fsp3) is 0.500. The number of nitrogens with two attached hydrogens (primary N) is 1. The molecule has 2 aromatic heterocycles. The summed E-state index contributed by atoms with van der Waals surface area (Å²) < 4.78 is 21.7. The summed E-state index contributed by atoms with van der Waals surface area (Å²) in [7, 11) is -2.86. The summed E-state index contributed by atoms with van der Waals surface area (Å²) in [6.45, 7) is -0.400. The third-order valence-electron chi connectivity index (χ3n) is 3.41. The molecule has 23 heavy (non-hydrogen) atoms. The number of imidazole rings is 1. The highest BCUT2D eigenvalue weighted by atomic mass is 31.1. The normalized spacial score (nSPS) is 28.4. The highest BCUT2D eigenvalue weighted by molar-refractivity contribution is 7.32. The van der Waals surface area contributed by atoms with Gasteiger partial charge >= 0.3 is 8.25 Å². The van der Waals surface area contributed by atoms with Crippen LogP contribution < -0.4 is 11.3 Å². The van der Waals surface area contributed by atoms with Gasteiger partial charge in [-0.25, -0.2) is 4.98 Å². The largest absolute Gasteiger partial charge is 0.694 e. The van der Waals surface area contributed by atoms with Gasteiger partial charge in [0.15, 0.2) is 17.4 Å². The minimum Gasteiger partial charge on any atom is -0.387 e. The molecule has 0 radical (unpaired) electrons. The van der Waals surface area contributed by atoms with Crippen molar-refractivity contribution in [2.45, 2.75) is 24.5 Å².